The summed E-state index contributed by atoms with van der Waals surface area (Å²) in [6.45, 7) is 6.35. The van der Waals surface area contributed by atoms with Crippen molar-refractivity contribution in [2.45, 2.75) is 88.6 Å². The maximum atomic E-state index is 13.8. The quantitative estimate of drug-likeness (QED) is 0.499. The number of oxime groups is 1. The van der Waals surface area contributed by atoms with Crippen molar-refractivity contribution in [3.05, 3.63) is 36.3 Å². The standard InChI is InChI=1S/C29H40FN5O7/c1-29(2,3)41-28(38)34-10-8-17(9-11-34)21-13-20(42-32-21)14-23-27(39-4)25(26(37)24(16-36)40-23)35-15-22(31-33-35)18-6-5-7-19(30)12-18/h5-7,12,15,17,20,23-27,36-37H,8-11,13-14,16H2,1-4H3/t20?,23-,24-,25+,26+,27+/m1/s1. The first-order valence-electron chi connectivity index (χ1n) is 14.4. The molecule has 2 saturated heterocycles. The predicted molar refractivity (Wildman–Crippen MR) is 149 cm³/mol. The Kier molecular flexibility index (Phi) is 9.11. The van der Waals surface area contributed by atoms with Gasteiger partial charge in [-0.05, 0) is 45.7 Å². The molecule has 3 aliphatic heterocycles. The maximum absolute atomic E-state index is 13.8. The fourth-order valence-corrected chi connectivity index (χ4v) is 5.96. The second kappa shape index (κ2) is 12.6. The van der Waals surface area contributed by atoms with Crippen LogP contribution in [0.4, 0.5) is 9.18 Å². The van der Waals surface area contributed by atoms with Gasteiger partial charge in [-0.1, -0.05) is 22.5 Å². The summed E-state index contributed by atoms with van der Waals surface area (Å²) in [5, 5.41) is 33.9. The van der Waals surface area contributed by atoms with Crippen molar-refractivity contribution in [1.29, 1.82) is 0 Å². The topological polar surface area (TPSA) is 141 Å². The molecule has 2 N–H and O–H groups in total. The fourth-order valence-electron chi connectivity index (χ4n) is 5.96. The van der Waals surface area contributed by atoms with Gasteiger partial charge in [-0.2, -0.15) is 0 Å². The molecule has 13 heteroatoms. The molecule has 1 aromatic heterocycles. The van der Waals surface area contributed by atoms with Crippen molar-refractivity contribution in [1.82, 2.24) is 19.9 Å². The molecule has 4 heterocycles. The molecule has 1 aromatic carbocycles. The molecule has 2 aromatic rings. The first kappa shape index (κ1) is 30.3. The highest BCUT2D eigenvalue weighted by molar-refractivity contribution is 5.88. The van der Waals surface area contributed by atoms with Crippen molar-refractivity contribution in [2.24, 2.45) is 11.1 Å². The van der Waals surface area contributed by atoms with Crippen LogP contribution in [0.15, 0.2) is 35.6 Å². The van der Waals surface area contributed by atoms with Gasteiger partial charge in [-0.3, -0.25) is 0 Å². The highest BCUT2D eigenvalue weighted by atomic mass is 19.1. The number of aliphatic hydroxyl groups excluding tert-OH is 2. The van der Waals surface area contributed by atoms with Gasteiger partial charge in [0, 0.05) is 44.5 Å². The third kappa shape index (κ3) is 6.74. The van der Waals surface area contributed by atoms with Crippen LogP contribution < -0.4 is 0 Å². The number of carbonyl (C=O) groups excluding carboxylic acids is 1. The van der Waals surface area contributed by atoms with E-state index in [4.69, 9.17) is 19.0 Å². The Morgan fingerprint density at radius 2 is 1.98 bits per heavy atom. The highest BCUT2D eigenvalue weighted by Crippen LogP contribution is 2.36. The van der Waals surface area contributed by atoms with Crippen LogP contribution in [0.5, 0.6) is 0 Å². The summed E-state index contributed by atoms with van der Waals surface area (Å²) in [7, 11) is 1.53. The Labute approximate surface area is 244 Å². The van der Waals surface area contributed by atoms with E-state index in [1.807, 2.05) is 20.8 Å². The molecular weight excluding hydrogens is 549 g/mol. The second-order valence-electron chi connectivity index (χ2n) is 12.2. The lowest BCUT2D eigenvalue weighted by atomic mass is 9.86. The smallest absolute Gasteiger partial charge is 0.410 e. The first-order chi connectivity index (χ1) is 20.1. The van der Waals surface area contributed by atoms with Crippen molar-refractivity contribution >= 4 is 11.8 Å². The maximum Gasteiger partial charge on any atom is 0.410 e. The minimum absolute atomic E-state index is 0.204. The van der Waals surface area contributed by atoms with Gasteiger partial charge in [0.2, 0.25) is 0 Å². The number of hydrogen-bond acceptors (Lipinski definition) is 10. The van der Waals surface area contributed by atoms with Crippen molar-refractivity contribution in [3.63, 3.8) is 0 Å². The van der Waals surface area contributed by atoms with Gasteiger partial charge in [0.05, 0.1) is 24.6 Å². The van der Waals surface area contributed by atoms with Crippen LogP contribution in [-0.4, -0.2) is 105 Å². The number of ether oxygens (including phenoxy) is 3. The monoisotopic (exact) mass is 589 g/mol. The minimum Gasteiger partial charge on any atom is -0.444 e. The number of piperidine rings is 1. The summed E-state index contributed by atoms with van der Waals surface area (Å²) in [4.78, 5) is 20.0. The van der Waals surface area contributed by atoms with Crippen molar-refractivity contribution in [3.8, 4) is 11.3 Å². The lowest BCUT2D eigenvalue weighted by molar-refractivity contribution is -0.219. The number of carbonyl (C=O) groups is 1. The third-order valence-electron chi connectivity index (χ3n) is 8.04. The Bertz CT molecular complexity index is 1260. The molecule has 0 saturated carbocycles. The number of halogens is 1. The fraction of sp³-hybridized carbons (Fsp3) is 0.655. The number of amides is 1. The molecular formula is C29H40FN5O7. The van der Waals surface area contributed by atoms with E-state index < -0.39 is 48.5 Å². The highest BCUT2D eigenvalue weighted by Gasteiger charge is 2.48. The van der Waals surface area contributed by atoms with E-state index in [9.17, 15) is 19.4 Å². The van der Waals surface area contributed by atoms with E-state index >= 15 is 0 Å². The van der Waals surface area contributed by atoms with E-state index in [1.165, 1.54) is 23.9 Å². The number of rotatable bonds is 7. The molecule has 0 aliphatic carbocycles. The Balaban J connectivity index is 1.22. The van der Waals surface area contributed by atoms with Crippen LogP contribution in [0, 0.1) is 11.7 Å². The molecule has 2 fully saturated rings. The van der Waals surface area contributed by atoms with Crippen LogP contribution >= 0.6 is 0 Å². The van der Waals surface area contributed by atoms with E-state index in [1.54, 1.807) is 23.2 Å². The largest absolute Gasteiger partial charge is 0.444 e. The molecule has 0 bridgehead atoms. The Morgan fingerprint density at radius 1 is 1.21 bits per heavy atom. The lowest BCUT2D eigenvalue weighted by Crippen LogP contribution is -2.57. The van der Waals surface area contributed by atoms with Gasteiger partial charge in [0.25, 0.3) is 0 Å². The summed E-state index contributed by atoms with van der Waals surface area (Å²) in [5.41, 5.74) is 1.41. The van der Waals surface area contributed by atoms with Gasteiger partial charge < -0.3 is 34.2 Å². The van der Waals surface area contributed by atoms with Gasteiger partial charge in [0.15, 0.2) is 0 Å². The van der Waals surface area contributed by atoms with Gasteiger partial charge in [-0.25, -0.2) is 13.9 Å². The van der Waals surface area contributed by atoms with Crippen LogP contribution in [0.2, 0.25) is 0 Å². The first-order valence-corrected chi connectivity index (χ1v) is 14.4. The molecule has 12 nitrogen and oxygen atoms in total. The molecule has 42 heavy (non-hydrogen) atoms. The van der Waals surface area contributed by atoms with E-state index in [-0.39, 0.29) is 18.1 Å². The van der Waals surface area contributed by atoms with Gasteiger partial charge >= 0.3 is 6.09 Å². The number of aliphatic hydroxyl groups is 2. The second-order valence-corrected chi connectivity index (χ2v) is 12.2. The normalized spacial score (nSPS) is 28.8. The number of aromatic nitrogens is 3. The third-order valence-corrected chi connectivity index (χ3v) is 8.04. The van der Waals surface area contributed by atoms with Crippen molar-refractivity contribution in [2.75, 3.05) is 26.8 Å². The van der Waals surface area contributed by atoms with Crippen LogP contribution in [0.25, 0.3) is 11.3 Å². The number of nitrogens with zero attached hydrogens (tertiary/aromatic N) is 5. The van der Waals surface area contributed by atoms with Crippen LogP contribution in [-0.2, 0) is 19.0 Å². The summed E-state index contributed by atoms with van der Waals surface area (Å²) in [5.74, 6) is -0.189. The number of benzene rings is 1. The number of likely N-dealkylation sites (tertiary alicyclic amines) is 1. The zero-order valence-corrected chi connectivity index (χ0v) is 24.4. The Morgan fingerprint density at radius 3 is 2.64 bits per heavy atom. The van der Waals surface area contributed by atoms with E-state index in [2.05, 4.69) is 15.5 Å². The van der Waals surface area contributed by atoms with E-state index in [0.717, 1.165) is 18.6 Å². The molecule has 1 amide bonds. The molecule has 0 spiro atoms. The number of methoxy groups -OCH3 is 1. The summed E-state index contributed by atoms with van der Waals surface area (Å²) in [6.07, 6.45) is 0.412. The molecule has 0 radical (unpaired) electrons. The molecule has 5 rings (SSSR count). The molecule has 3 aliphatic rings. The minimum atomic E-state index is -1.13. The van der Waals surface area contributed by atoms with Gasteiger partial charge in [-0.15, -0.1) is 5.10 Å². The van der Waals surface area contributed by atoms with Crippen LogP contribution in [0.3, 0.4) is 0 Å². The Hall–Kier alpha value is -3.13. The summed E-state index contributed by atoms with van der Waals surface area (Å²) in [6, 6.07) is 5.30. The average Bonchev–Trinajstić information content (AvgIpc) is 3.63. The molecule has 1 unspecified atom stereocenters. The summed E-state index contributed by atoms with van der Waals surface area (Å²) >= 11 is 0. The predicted octanol–water partition coefficient (Wildman–Crippen LogP) is 2.94. The van der Waals surface area contributed by atoms with Gasteiger partial charge in [0.1, 0.15) is 47.6 Å². The molecule has 230 valence electrons. The zero-order valence-electron chi connectivity index (χ0n) is 24.4. The lowest BCUT2D eigenvalue weighted by Gasteiger charge is -2.44. The van der Waals surface area contributed by atoms with Crippen LogP contribution in [0.1, 0.15) is 52.5 Å². The summed E-state index contributed by atoms with van der Waals surface area (Å²) < 4.78 is 32.7. The van der Waals surface area contributed by atoms with Crippen molar-refractivity contribution < 1.29 is 38.4 Å². The number of hydrogen-bond donors (Lipinski definition) is 2. The SMILES string of the molecule is CO[C@@H]1[C@@H](n2cc(-c3cccc(F)c3)nn2)[C@@H](O)[C@@H](CO)O[C@@H]1CC1CC(C2CCN(C(=O)OC(C)(C)C)CC2)=NO1. The van der Waals surface area contributed by atoms with E-state index in [0.29, 0.717) is 37.2 Å². The molecule has 6 atom stereocenters. The zero-order chi connectivity index (χ0) is 30.0. The average molecular weight is 590 g/mol.